The van der Waals surface area contributed by atoms with Crippen LogP contribution in [0.5, 0.6) is 0 Å². The molecule has 1 saturated heterocycles. The van der Waals surface area contributed by atoms with Crippen molar-refractivity contribution in [1.29, 1.82) is 0 Å². The molecule has 0 aromatic carbocycles. The van der Waals surface area contributed by atoms with Gasteiger partial charge in [0.05, 0.1) is 30.0 Å². The lowest BCUT2D eigenvalue weighted by Gasteiger charge is -2.24. The molecule has 4 rings (SSSR count). The summed E-state index contributed by atoms with van der Waals surface area (Å²) in [5.41, 5.74) is 1.16. The van der Waals surface area contributed by atoms with Crippen molar-refractivity contribution >= 4 is 17.2 Å². The molecule has 5 nitrogen and oxygen atoms in total. The molecule has 1 saturated carbocycles. The molecule has 116 valence electrons. The number of carbonyl (C=O) groups is 1. The maximum Gasteiger partial charge on any atom is 0.265 e. The van der Waals surface area contributed by atoms with E-state index in [0.717, 1.165) is 41.4 Å². The fourth-order valence-corrected chi connectivity index (χ4v) is 4.17. The van der Waals surface area contributed by atoms with Crippen LogP contribution in [0.15, 0.2) is 18.6 Å². The molecule has 22 heavy (non-hydrogen) atoms. The Kier molecular flexibility index (Phi) is 3.48. The van der Waals surface area contributed by atoms with Crippen LogP contribution in [0.2, 0.25) is 0 Å². The number of likely N-dealkylation sites (tertiary alicyclic amines) is 1. The first-order valence-corrected chi connectivity index (χ1v) is 8.78. The Bertz CT molecular complexity index is 688. The molecule has 2 fully saturated rings. The van der Waals surface area contributed by atoms with Crippen molar-refractivity contribution in [3.05, 3.63) is 34.0 Å². The van der Waals surface area contributed by atoms with Crippen LogP contribution in [0.4, 0.5) is 0 Å². The quantitative estimate of drug-likeness (QED) is 0.871. The van der Waals surface area contributed by atoms with Crippen LogP contribution >= 0.6 is 11.3 Å². The Balaban J connectivity index is 1.48. The first-order chi connectivity index (χ1) is 10.7. The lowest BCUT2D eigenvalue weighted by Crippen LogP contribution is -2.37. The van der Waals surface area contributed by atoms with Crippen LogP contribution in [0.3, 0.4) is 0 Å². The van der Waals surface area contributed by atoms with Crippen LogP contribution in [0.25, 0.3) is 0 Å². The molecule has 0 spiro atoms. The second-order valence-corrected chi connectivity index (χ2v) is 7.43. The van der Waals surface area contributed by atoms with E-state index in [1.54, 1.807) is 17.5 Å². The van der Waals surface area contributed by atoms with Crippen LogP contribution in [0.1, 0.15) is 51.8 Å². The van der Waals surface area contributed by atoms with Crippen LogP contribution in [-0.4, -0.2) is 38.2 Å². The minimum absolute atomic E-state index is 0.149. The third kappa shape index (κ3) is 2.67. The number of hydrogen-bond acceptors (Lipinski definition) is 4. The van der Waals surface area contributed by atoms with E-state index in [1.807, 2.05) is 28.9 Å². The molecular formula is C16H20N4OS. The maximum atomic E-state index is 12.8. The topological polar surface area (TPSA) is 51.0 Å². The third-order valence-electron chi connectivity index (χ3n) is 4.46. The van der Waals surface area contributed by atoms with E-state index in [9.17, 15) is 4.79 Å². The van der Waals surface area contributed by atoms with Gasteiger partial charge >= 0.3 is 0 Å². The van der Waals surface area contributed by atoms with Gasteiger partial charge in [-0.05, 0) is 38.2 Å². The molecule has 2 aromatic heterocycles. The van der Waals surface area contributed by atoms with E-state index in [0.29, 0.717) is 5.92 Å². The van der Waals surface area contributed by atoms with E-state index >= 15 is 0 Å². The Hall–Kier alpha value is -1.69. The zero-order valence-electron chi connectivity index (χ0n) is 12.7. The van der Waals surface area contributed by atoms with Crippen molar-refractivity contribution in [3.63, 3.8) is 0 Å². The molecule has 0 unspecified atom stereocenters. The summed E-state index contributed by atoms with van der Waals surface area (Å²) in [5.74, 6) is 0.767. The Morgan fingerprint density at radius 1 is 1.36 bits per heavy atom. The Morgan fingerprint density at radius 2 is 2.23 bits per heavy atom. The lowest BCUT2D eigenvalue weighted by atomic mass is 10.2. The SMILES string of the molecule is Cc1cnn(C[C@H]2CCCN2C(=O)c2cnc(C3CC3)s2)c1. The molecule has 1 amide bonds. The molecule has 6 heteroatoms. The number of nitrogens with zero attached hydrogens (tertiary/aromatic N) is 4. The van der Waals surface area contributed by atoms with Gasteiger partial charge < -0.3 is 4.90 Å². The zero-order chi connectivity index (χ0) is 15.1. The average Bonchev–Trinajstić information content (AvgIpc) is 2.92. The number of carbonyl (C=O) groups excluding carboxylic acids is 1. The molecule has 1 aliphatic heterocycles. The molecule has 0 radical (unpaired) electrons. The predicted molar refractivity (Wildman–Crippen MR) is 85.1 cm³/mol. The van der Waals surface area contributed by atoms with E-state index in [4.69, 9.17) is 0 Å². The van der Waals surface area contributed by atoms with Crippen molar-refractivity contribution in [3.8, 4) is 0 Å². The summed E-state index contributed by atoms with van der Waals surface area (Å²) in [6, 6.07) is 0.248. The molecule has 3 heterocycles. The van der Waals surface area contributed by atoms with Gasteiger partial charge in [-0.2, -0.15) is 5.10 Å². The van der Waals surface area contributed by atoms with Gasteiger partial charge in [-0.1, -0.05) is 0 Å². The Morgan fingerprint density at radius 3 is 2.95 bits per heavy atom. The van der Waals surface area contributed by atoms with Gasteiger partial charge in [0, 0.05) is 18.7 Å². The number of amides is 1. The van der Waals surface area contributed by atoms with Crippen molar-refractivity contribution in [1.82, 2.24) is 19.7 Å². The normalized spacial score (nSPS) is 21.5. The highest BCUT2D eigenvalue weighted by Crippen LogP contribution is 2.42. The summed E-state index contributed by atoms with van der Waals surface area (Å²) in [5, 5.41) is 5.49. The standard InChI is InChI=1S/C16H20N4OS/c1-11-7-18-19(9-11)10-13-3-2-6-20(13)16(21)14-8-17-15(22-14)12-4-5-12/h7-9,12-13H,2-6,10H2,1H3/t13-/m1/s1. The highest BCUT2D eigenvalue weighted by Gasteiger charge is 2.32. The number of aromatic nitrogens is 3. The first kappa shape index (κ1) is 13.9. The molecule has 2 aromatic rings. The average molecular weight is 316 g/mol. The highest BCUT2D eigenvalue weighted by molar-refractivity contribution is 7.13. The maximum absolute atomic E-state index is 12.8. The molecule has 2 aliphatic rings. The number of thiazole rings is 1. The highest BCUT2D eigenvalue weighted by atomic mass is 32.1. The summed E-state index contributed by atoms with van der Waals surface area (Å²) >= 11 is 1.59. The largest absolute Gasteiger partial charge is 0.333 e. The molecular weight excluding hydrogens is 296 g/mol. The summed E-state index contributed by atoms with van der Waals surface area (Å²) in [6.07, 6.45) is 10.3. The smallest absolute Gasteiger partial charge is 0.265 e. The molecule has 0 bridgehead atoms. The van der Waals surface area contributed by atoms with Gasteiger partial charge in [-0.15, -0.1) is 11.3 Å². The van der Waals surface area contributed by atoms with E-state index < -0.39 is 0 Å². The third-order valence-corrected chi connectivity index (χ3v) is 5.61. The summed E-state index contributed by atoms with van der Waals surface area (Å²) in [7, 11) is 0. The van der Waals surface area contributed by atoms with Crippen LogP contribution in [0, 0.1) is 6.92 Å². The summed E-state index contributed by atoms with van der Waals surface area (Å²) in [6.45, 7) is 3.67. The first-order valence-electron chi connectivity index (χ1n) is 7.96. The predicted octanol–water partition coefficient (Wildman–Crippen LogP) is 2.83. The number of rotatable bonds is 4. The Labute approximate surface area is 134 Å². The van der Waals surface area contributed by atoms with E-state index in [2.05, 4.69) is 10.1 Å². The van der Waals surface area contributed by atoms with Crippen molar-refractivity contribution in [2.45, 2.75) is 51.1 Å². The minimum Gasteiger partial charge on any atom is -0.333 e. The van der Waals surface area contributed by atoms with E-state index in [-0.39, 0.29) is 11.9 Å². The fraction of sp³-hybridized carbons (Fsp3) is 0.562. The van der Waals surface area contributed by atoms with Crippen molar-refractivity contribution in [2.75, 3.05) is 6.54 Å². The second-order valence-electron chi connectivity index (χ2n) is 6.37. The molecule has 1 atom stereocenters. The minimum atomic E-state index is 0.149. The van der Waals surface area contributed by atoms with Crippen molar-refractivity contribution < 1.29 is 4.79 Å². The number of aryl methyl sites for hydroxylation is 1. The van der Waals surface area contributed by atoms with Gasteiger partial charge in [-0.3, -0.25) is 9.48 Å². The summed E-state index contributed by atoms with van der Waals surface area (Å²) < 4.78 is 1.95. The van der Waals surface area contributed by atoms with Crippen LogP contribution < -0.4 is 0 Å². The lowest BCUT2D eigenvalue weighted by molar-refractivity contribution is 0.0726. The zero-order valence-corrected chi connectivity index (χ0v) is 13.6. The van der Waals surface area contributed by atoms with Gasteiger partial charge in [0.15, 0.2) is 0 Å². The molecule has 1 aliphatic carbocycles. The van der Waals surface area contributed by atoms with Crippen molar-refractivity contribution in [2.24, 2.45) is 0 Å². The van der Waals surface area contributed by atoms with Gasteiger partial charge in [0.1, 0.15) is 4.88 Å². The van der Waals surface area contributed by atoms with Crippen LogP contribution in [-0.2, 0) is 6.54 Å². The number of hydrogen-bond donors (Lipinski definition) is 0. The second kappa shape index (κ2) is 5.50. The van der Waals surface area contributed by atoms with Gasteiger partial charge in [-0.25, -0.2) is 4.98 Å². The van der Waals surface area contributed by atoms with Gasteiger partial charge in [0.2, 0.25) is 0 Å². The van der Waals surface area contributed by atoms with Gasteiger partial charge in [0.25, 0.3) is 5.91 Å². The summed E-state index contributed by atoms with van der Waals surface area (Å²) in [4.78, 5) is 20.0. The molecule has 0 N–H and O–H groups in total. The fourth-order valence-electron chi connectivity index (χ4n) is 3.12. The van der Waals surface area contributed by atoms with E-state index in [1.165, 1.54) is 12.8 Å². The monoisotopic (exact) mass is 316 g/mol.